The first-order valence-electron chi connectivity index (χ1n) is 4.61. The largest absolute Gasteiger partial charge is 0.316 e. The molecule has 0 aliphatic carbocycles. The minimum atomic E-state index is 0.605. The van der Waals surface area contributed by atoms with Crippen molar-refractivity contribution in [2.24, 2.45) is 0 Å². The molecule has 0 radical (unpaired) electrons. The van der Waals surface area contributed by atoms with Gasteiger partial charge in [-0.25, -0.2) is 0 Å². The Bertz CT molecular complexity index is 332. The lowest BCUT2D eigenvalue weighted by Crippen LogP contribution is -2.07. The summed E-state index contributed by atoms with van der Waals surface area (Å²) in [5.74, 6) is 0.605. The standard InChI is InChI=1S/C11H12N2/c12-7-9-2-1-3-10(6-9)11-4-5-13-8-11/h1-3,6,11,13H,4-5,8H2/t11-/m1/s1. The van der Waals surface area contributed by atoms with Crippen LogP contribution in [-0.2, 0) is 0 Å². The van der Waals surface area contributed by atoms with Crippen LogP contribution in [0.1, 0.15) is 23.5 Å². The fraction of sp³-hybridized carbons (Fsp3) is 0.364. The lowest BCUT2D eigenvalue weighted by atomic mass is 9.97. The molecule has 1 aliphatic heterocycles. The van der Waals surface area contributed by atoms with Crippen LogP contribution in [0, 0.1) is 11.3 Å². The third-order valence-electron chi connectivity index (χ3n) is 2.55. The first-order chi connectivity index (χ1) is 6.40. The summed E-state index contributed by atoms with van der Waals surface area (Å²) in [7, 11) is 0. The van der Waals surface area contributed by atoms with E-state index in [0.717, 1.165) is 18.7 Å². The summed E-state index contributed by atoms with van der Waals surface area (Å²) in [6.45, 7) is 2.15. The predicted molar refractivity (Wildman–Crippen MR) is 51.4 cm³/mol. The van der Waals surface area contributed by atoms with Gasteiger partial charge in [-0.1, -0.05) is 12.1 Å². The summed E-state index contributed by atoms with van der Waals surface area (Å²) in [4.78, 5) is 0. The van der Waals surface area contributed by atoms with Gasteiger partial charge < -0.3 is 5.32 Å². The zero-order valence-electron chi connectivity index (χ0n) is 7.46. The number of nitriles is 1. The van der Waals surface area contributed by atoms with E-state index >= 15 is 0 Å². The molecule has 0 unspecified atom stereocenters. The minimum Gasteiger partial charge on any atom is -0.316 e. The van der Waals surface area contributed by atoms with E-state index < -0.39 is 0 Å². The molecule has 2 nitrogen and oxygen atoms in total. The zero-order chi connectivity index (χ0) is 9.10. The molecule has 2 rings (SSSR count). The van der Waals surface area contributed by atoms with E-state index in [9.17, 15) is 0 Å². The fourth-order valence-corrected chi connectivity index (χ4v) is 1.80. The van der Waals surface area contributed by atoms with Gasteiger partial charge in [-0.3, -0.25) is 0 Å². The van der Waals surface area contributed by atoms with Crippen LogP contribution in [0.15, 0.2) is 24.3 Å². The van der Waals surface area contributed by atoms with Gasteiger partial charge in [-0.15, -0.1) is 0 Å². The molecule has 0 saturated carbocycles. The molecule has 66 valence electrons. The van der Waals surface area contributed by atoms with Crippen LogP contribution < -0.4 is 5.32 Å². The molecule has 1 atom stereocenters. The lowest BCUT2D eigenvalue weighted by molar-refractivity contribution is 0.763. The van der Waals surface area contributed by atoms with Crippen molar-refractivity contribution in [2.75, 3.05) is 13.1 Å². The first-order valence-corrected chi connectivity index (χ1v) is 4.61. The summed E-state index contributed by atoms with van der Waals surface area (Å²) in [6.07, 6.45) is 1.19. The number of rotatable bonds is 1. The SMILES string of the molecule is N#Cc1cccc([C@@H]2CCNC2)c1. The molecular weight excluding hydrogens is 160 g/mol. The van der Waals surface area contributed by atoms with Crippen molar-refractivity contribution in [3.63, 3.8) is 0 Å². The zero-order valence-corrected chi connectivity index (χ0v) is 7.46. The lowest BCUT2D eigenvalue weighted by Gasteiger charge is -2.07. The van der Waals surface area contributed by atoms with Crippen LogP contribution >= 0.6 is 0 Å². The smallest absolute Gasteiger partial charge is 0.0991 e. The third kappa shape index (κ3) is 1.71. The van der Waals surface area contributed by atoms with Gasteiger partial charge >= 0.3 is 0 Å². The van der Waals surface area contributed by atoms with Crippen molar-refractivity contribution >= 4 is 0 Å². The van der Waals surface area contributed by atoms with Crippen LogP contribution in [0.4, 0.5) is 0 Å². The molecule has 13 heavy (non-hydrogen) atoms. The fourth-order valence-electron chi connectivity index (χ4n) is 1.80. The molecule has 1 N–H and O–H groups in total. The second-order valence-electron chi connectivity index (χ2n) is 3.43. The minimum absolute atomic E-state index is 0.605. The van der Waals surface area contributed by atoms with E-state index in [4.69, 9.17) is 5.26 Å². The van der Waals surface area contributed by atoms with E-state index in [2.05, 4.69) is 17.5 Å². The first kappa shape index (κ1) is 8.28. The van der Waals surface area contributed by atoms with Gasteiger partial charge in [-0.05, 0) is 36.6 Å². The normalized spacial score (nSPS) is 21.3. The summed E-state index contributed by atoms with van der Waals surface area (Å²) >= 11 is 0. The quantitative estimate of drug-likeness (QED) is 0.699. The Kier molecular flexibility index (Phi) is 2.29. The number of hydrogen-bond acceptors (Lipinski definition) is 2. The highest BCUT2D eigenvalue weighted by Gasteiger charge is 2.16. The van der Waals surface area contributed by atoms with Gasteiger partial charge in [0.25, 0.3) is 0 Å². The monoisotopic (exact) mass is 172 g/mol. The molecule has 1 saturated heterocycles. The van der Waals surface area contributed by atoms with Crippen LogP contribution in [0.3, 0.4) is 0 Å². The van der Waals surface area contributed by atoms with Gasteiger partial charge in [-0.2, -0.15) is 5.26 Å². The Hall–Kier alpha value is -1.33. The van der Waals surface area contributed by atoms with Crippen molar-refractivity contribution < 1.29 is 0 Å². The van der Waals surface area contributed by atoms with Crippen molar-refractivity contribution in [3.8, 4) is 6.07 Å². The Morgan fingerprint density at radius 2 is 2.38 bits per heavy atom. The van der Waals surface area contributed by atoms with Crippen LogP contribution in [-0.4, -0.2) is 13.1 Å². The van der Waals surface area contributed by atoms with Gasteiger partial charge in [0.05, 0.1) is 11.6 Å². The number of hydrogen-bond donors (Lipinski definition) is 1. The second-order valence-corrected chi connectivity index (χ2v) is 3.43. The van der Waals surface area contributed by atoms with E-state index in [1.807, 2.05) is 18.2 Å². The van der Waals surface area contributed by atoms with Crippen molar-refractivity contribution in [1.82, 2.24) is 5.32 Å². The van der Waals surface area contributed by atoms with Crippen molar-refractivity contribution in [3.05, 3.63) is 35.4 Å². The average Bonchev–Trinajstić information content (AvgIpc) is 2.71. The van der Waals surface area contributed by atoms with E-state index in [0.29, 0.717) is 5.92 Å². The molecule has 0 bridgehead atoms. The van der Waals surface area contributed by atoms with Crippen LogP contribution in [0.25, 0.3) is 0 Å². The molecule has 2 heteroatoms. The maximum absolute atomic E-state index is 8.74. The molecule has 1 aromatic rings. The van der Waals surface area contributed by atoms with Crippen molar-refractivity contribution in [2.45, 2.75) is 12.3 Å². The Balaban J connectivity index is 2.25. The van der Waals surface area contributed by atoms with Gasteiger partial charge in [0.1, 0.15) is 0 Å². The molecule has 0 amide bonds. The molecular formula is C11H12N2. The van der Waals surface area contributed by atoms with Gasteiger partial charge in [0.2, 0.25) is 0 Å². The highest BCUT2D eigenvalue weighted by molar-refractivity contribution is 5.34. The Morgan fingerprint density at radius 1 is 1.46 bits per heavy atom. The highest BCUT2D eigenvalue weighted by atomic mass is 14.9. The number of nitrogens with zero attached hydrogens (tertiary/aromatic N) is 1. The number of benzene rings is 1. The van der Waals surface area contributed by atoms with E-state index in [1.165, 1.54) is 12.0 Å². The van der Waals surface area contributed by atoms with E-state index in [1.54, 1.807) is 0 Å². The molecule has 1 aliphatic rings. The summed E-state index contributed by atoms with van der Waals surface area (Å²) in [5, 5.41) is 12.1. The topological polar surface area (TPSA) is 35.8 Å². The maximum atomic E-state index is 8.74. The molecule has 1 heterocycles. The summed E-state index contributed by atoms with van der Waals surface area (Å²) < 4.78 is 0. The number of nitrogens with one attached hydrogen (secondary N) is 1. The average molecular weight is 172 g/mol. The summed E-state index contributed by atoms with van der Waals surface area (Å²) in [5.41, 5.74) is 2.06. The van der Waals surface area contributed by atoms with E-state index in [-0.39, 0.29) is 0 Å². The molecule has 1 fully saturated rings. The van der Waals surface area contributed by atoms with Crippen LogP contribution in [0.5, 0.6) is 0 Å². The molecule has 1 aromatic carbocycles. The third-order valence-corrected chi connectivity index (χ3v) is 2.55. The van der Waals surface area contributed by atoms with Crippen LogP contribution in [0.2, 0.25) is 0 Å². The summed E-state index contributed by atoms with van der Waals surface area (Å²) in [6, 6.07) is 10.1. The van der Waals surface area contributed by atoms with Gasteiger partial charge in [0.15, 0.2) is 0 Å². The molecule has 0 spiro atoms. The van der Waals surface area contributed by atoms with Crippen molar-refractivity contribution in [1.29, 1.82) is 5.26 Å². The predicted octanol–water partition coefficient (Wildman–Crippen LogP) is 1.64. The maximum Gasteiger partial charge on any atom is 0.0991 e. The van der Waals surface area contributed by atoms with Gasteiger partial charge in [0, 0.05) is 6.54 Å². The second kappa shape index (κ2) is 3.59. The Morgan fingerprint density at radius 3 is 3.08 bits per heavy atom. The molecule has 0 aromatic heterocycles. The highest BCUT2D eigenvalue weighted by Crippen LogP contribution is 2.22. The Labute approximate surface area is 78.2 Å².